The van der Waals surface area contributed by atoms with Crippen LogP contribution in [-0.2, 0) is 6.54 Å². The summed E-state index contributed by atoms with van der Waals surface area (Å²) in [4.78, 5) is 11.4. The number of guanidine groups is 1. The smallest absolute Gasteiger partial charge is 0.208 e. The van der Waals surface area contributed by atoms with Crippen molar-refractivity contribution in [2.45, 2.75) is 79.2 Å². The lowest BCUT2D eigenvalue weighted by atomic mass is 9.96. The van der Waals surface area contributed by atoms with E-state index in [-0.39, 0.29) is 0 Å². The Bertz CT molecular complexity index is 585. The minimum atomic E-state index is 0.698. The Balaban J connectivity index is 1.67. The molecule has 1 fully saturated rings. The van der Waals surface area contributed by atoms with Gasteiger partial charge in [0.2, 0.25) is 5.89 Å². The Labute approximate surface area is 177 Å². The Kier molecular flexibility index (Phi) is 10.5. The molecule has 0 aromatic carbocycles. The van der Waals surface area contributed by atoms with Gasteiger partial charge >= 0.3 is 0 Å². The Morgan fingerprint density at radius 3 is 2.52 bits per heavy atom. The van der Waals surface area contributed by atoms with E-state index in [1.165, 1.54) is 44.9 Å². The molecule has 1 aromatic heterocycles. The van der Waals surface area contributed by atoms with Crippen molar-refractivity contribution < 1.29 is 4.42 Å². The molecule has 0 saturated carbocycles. The quantitative estimate of drug-likeness (QED) is 0.425. The topological polar surface area (TPSA) is 65.7 Å². The highest BCUT2D eigenvalue weighted by Gasteiger charge is 2.21. The Hall–Kier alpha value is -1.56. The van der Waals surface area contributed by atoms with E-state index >= 15 is 0 Å². The van der Waals surface area contributed by atoms with Crippen LogP contribution in [0.5, 0.6) is 0 Å². The van der Waals surface area contributed by atoms with Gasteiger partial charge in [-0.3, -0.25) is 9.89 Å². The SMILES string of the molecule is CCCCC(CCC)CNC(=NC)NCC1CCN(Cc2nc(C)c(C)o2)CC1. The van der Waals surface area contributed by atoms with E-state index in [0.29, 0.717) is 5.92 Å². The largest absolute Gasteiger partial charge is 0.444 e. The fourth-order valence-corrected chi connectivity index (χ4v) is 4.10. The third kappa shape index (κ3) is 8.37. The van der Waals surface area contributed by atoms with Crippen LogP contribution < -0.4 is 10.6 Å². The van der Waals surface area contributed by atoms with Gasteiger partial charge in [0.1, 0.15) is 5.76 Å². The minimum absolute atomic E-state index is 0.698. The van der Waals surface area contributed by atoms with Crippen LogP contribution in [0.1, 0.15) is 76.1 Å². The zero-order valence-corrected chi connectivity index (χ0v) is 19.4. The van der Waals surface area contributed by atoms with Crippen molar-refractivity contribution in [2.24, 2.45) is 16.8 Å². The maximum Gasteiger partial charge on any atom is 0.208 e. The maximum atomic E-state index is 5.74. The van der Waals surface area contributed by atoms with Crippen molar-refractivity contribution in [1.82, 2.24) is 20.5 Å². The molecule has 1 saturated heterocycles. The molecule has 1 atom stereocenters. The molecule has 1 aliphatic rings. The summed E-state index contributed by atoms with van der Waals surface area (Å²) in [5.74, 6) is 4.20. The van der Waals surface area contributed by atoms with Gasteiger partial charge in [0, 0.05) is 20.1 Å². The molecule has 6 nitrogen and oxygen atoms in total. The van der Waals surface area contributed by atoms with Gasteiger partial charge < -0.3 is 15.1 Å². The number of hydrogen-bond acceptors (Lipinski definition) is 4. The van der Waals surface area contributed by atoms with Gasteiger partial charge in [-0.2, -0.15) is 0 Å². The van der Waals surface area contributed by atoms with E-state index in [0.717, 1.165) is 61.9 Å². The van der Waals surface area contributed by atoms with Crippen LogP contribution in [0, 0.1) is 25.7 Å². The van der Waals surface area contributed by atoms with Gasteiger partial charge in [0.05, 0.1) is 12.2 Å². The number of piperidine rings is 1. The van der Waals surface area contributed by atoms with Crippen molar-refractivity contribution in [3.8, 4) is 0 Å². The summed E-state index contributed by atoms with van der Waals surface area (Å²) in [5, 5.41) is 7.12. The first-order valence-electron chi connectivity index (χ1n) is 11.6. The summed E-state index contributed by atoms with van der Waals surface area (Å²) in [6.07, 6.45) is 8.88. The number of rotatable bonds is 11. The van der Waals surface area contributed by atoms with Gasteiger partial charge in [0.25, 0.3) is 0 Å². The first kappa shape index (κ1) is 23.7. The van der Waals surface area contributed by atoms with Gasteiger partial charge in [-0.25, -0.2) is 4.98 Å². The van der Waals surface area contributed by atoms with E-state index < -0.39 is 0 Å². The van der Waals surface area contributed by atoms with Gasteiger partial charge in [0.15, 0.2) is 5.96 Å². The summed E-state index contributed by atoms with van der Waals surface area (Å²) in [7, 11) is 1.87. The molecule has 0 radical (unpaired) electrons. The molecule has 2 rings (SSSR count). The van der Waals surface area contributed by atoms with E-state index in [1.807, 2.05) is 20.9 Å². The van der Waals surface area contributed by atoms with Crippen LogP contribution in [0.4, 0.5) is 0 Å². The monoisotopic (exact) mass is 405 g/mol. The van der Waals surface area contributed by atoms with Crippen molar-refractivity contribution in [2.75, 3.05) is 33.2 Å². The normalized spacial score (nSPS) is 17.5. The number of nitrogens with one attached hydrogen (secondary N) is 2. The summed E-state index contributed by atoms with van der Waals surface area (Å²) in [6, 6.07) is 0. The number of hydrogen-bond donors (Lipinski definition) is 2. The number of aromatic nitrogens is 1. The van der Waals surface area contributed by atoms with Crippen LogP contribution in [0.3, 0.4) is 0 Å². The fraction of sp³-hybridized carbons (Fsp3) is 0.826. The molecule has 1 unspecified atom stereocenters. The van der Waals surface area contributed by atoms with Crippen LogP contribution in [0.15, 0.2) is 9.41 Å². The lowest BCUT2D eigenvalue weighted by molar-refractivity contribution is 0.164. The second-order valence-corrected chi connectivity index (χ2v) is 8.60. The zero-order valence-electron chi connectivity index (χ0n) is 19.4. The molecule has 0 spiro atoms. The maximum absolute atomic E-state index is 5.74. The van der Waals surface area contributed by atoms with Gasteiger partial charge in [-0.05, 0) is 64.5 Å². The molecule has 2 N–H and O–H groups in total. The number of aryl methyl sites for hydroxylation is 2. The van der Waals surface area contributed by atoms with Crippen molar-refractivity contribution in [1.29, 1.82) is 0 Å². The fourth-order valence-electron chi connectivity index (χ4n) is 4.10. The second kappa shape index (κ2) is 12.9. The Morgan fingerprint density at radius 1 is 1.17 bits per heavy atom. The summed E-state index contributed by atoms with van der Waals surface area (Å²) >= 11 is 0. The highest BCUT2D eigenvalue weighted by atomic mass is 16.4. The Morgan fingerprint density at radius 2 is 1.93 bits per heavy atom. The van der Waals surface area contributed by atoms with E-state index in [9.17, 15) is 0 Å². The lowest BCUT2D eigenvalue weighted by Crippen LogP contribution is -2.44. The van der Waals surface area contributed by atoms with Crippen LogP contribution in [0.25, 0.3) is 0 Å². The molecule has 6 heteroatoms. The van der Waals surface area contributed by atoms with E-state index in [1.54, 1.807) is 0 Å². The van der Waals surface area contributed by atoms with Crippen LogP contribution in [0.2, 0.25) is 0 Å². The number of likely N-dealkylation sites (tertiary alicyclic amines) is 1. The average molecular weight is 406 g/mol. The first-order valence-corrected chi connectivity index (χ1v) is 11.6. The van der Waals surface area contributed by atoms with Crippen LogP contribution >= 0.6 is 0 Å². The molecule has 0 bridgehead atoms. The number of nitrogens with zero attached hydrogens (tertiary/aromatic N) is 3. The first-order chi connectivity index (χ1) is 14.0. The standard InChI is InChI=1S/C23H43N5O/c1-6-8-10-20(9-7-2)15-25-23(24-5)26-16-21-11-13-28(14-12-21)17-22-27-18(3)19(4)29-22/h20-21H,6-17H2,1-5H3,(H2,24,25,26). The molecule has 0 aliphatic carbocycles. The number of unbranched alkanes of at least 4 members (excludes halogenated alkanes) is 1. The summed E-state index contributed by atoms with van der Waals surface area (Å²) in [6.45, 7) is 13.6. The predicted molar refractivity (Wildman–Crippen MR) is 121 cm³/mol. The zero-order chi connectivity index (χ0) is 21.1. The van der Waals surface area contributed by atoms with Crippen molar-refractivity contribution in [3.05, 3.63) is 17.3 Å². The molecule has 1 aliphatic heterocycles. The van der Waals surface area contributed by atoms with Gasteiger partial charge in [-0.1, -0.05) is 33.1 Å². The van der Waals surface area contributed by atoms with E-state index in [4.69, 9.17) is 4.42 Å². The molecule has 166 valence electrons. The number of oxazole rings is 1. The van der Waals surface area contributed by atoms with Crippen LogP contribution in [-0.4, -0.2) is 49.1 Å². The number of aliphatic imine (C=N–C) groups is 1. The predicted octanol–water partition coefficient (Wildman–Crippen LogP) is 4.27. The molecule has 2 heterocycles. The van der Waals surface area contributed by atoms with Gasteiger partial charge in [-0.15, -0.1) is 0 Å². The molecule has 1 aromatic rings. The average Bonchev–Trinajstić information content (AvgIpc) is 3.04. The molecular formula is C23H43N5O. The molecular weight excluding hydrogens is 362 g/mol. The second-order valence-electron chi connectivity index (χ2n) is 8.60. The lowest BCUT2D eigenvalue weighted by Gasteiger charge is -2.31. The van der Waals surface area contributed by atoms with E-state index in [2.05, 4.69) is 39.4 Å². The summed E-state index contributed by atoms with van der Waals surface area (Å²) < 4.78 is 5.74. The summed E-state index contributed by atoms with van der Waals surface area (Å²) in [5.41, 5.74) is 1.01. The highest BCUT2D eigenvalue weighted by molar-refractivity contribution is 5.79. The minimum Gasteiger partial charge on any atom is -0.444 e. The third-order valence-electron chi connectivity index (χ3n) is 6.14. The third-order valence-corrected chi connectivity index (χ3v) is 6.14. The molecule has 0 amide bonds. The molecule has 29 heavy (non-hydrogen) atoms. The highest BCUT2D eigenvalue weighted by Crippen LogP contribution is 2.19. The van der Waals surface area contributed by atoms with Crippen molar-refractivity contribution >= 4 is 5.96 Å². The van der Waals surface area contributed by atoms with Crippen molar-refractivity contribution in [3.63, 3.8) is 0 Å².